The Morgan fingerprint density at radius 3 is 2.65 bits per heavy atom. The van der Waals surface area contributed by atoms with Gasteiger partial charge in [-0.25, -0.2) is 0 Å². The molecule has 2 N–H and O–H groups in total. The summed E-state index contributed by atoms with van der Waals surface area (Å²) in [5.41, 5.74) is 0. The fraction of sp³-hybridized carbons (Fsp3) is 0.941. The lowest BCUT2D eigenvalue weighted by atomic mass is 10.2. The van der Waals surface area contributed by atoms with E-state index in [4.69, 9.17) is 4.74 Å². The zero-order valence-electron chi connectivity index (χ0n) is 15.6. The molecule has 0 unspecified atom stereocenters. The van der Waals surface area contributed by atoms with Crippen LogP contribution in [0.5, 0.6) is 0 Å². The van der Waals surface area contributed by atoms with Gasteiger partial charge in [0.25, 0.3) is 0 Å². The number of hydrogen-bond donors (Lipinski definition) is 2. The minimum atomic E-state index is 0.608. The summed E-state index contributed by atoms with van der Waals surface area (Å²) in [7, 11) is 4.03. The van der Waals surface area contributed by atoms with Crippen molar-refractivity contribution in [2.45, 2.75) is 26.7 Å². The molecule has 1 heterocycles. The molecule has 1 fully saturated rings. The summed E-state index contributed by atoms with van der Waals surface area (Å²) in [5, 5.41) is 6.75. The van der Waals surface area contributed by atoms with Gasteiger partial charge < -0.3 is 25.2 Å². The normalized spacial score (nSPS) is 18.2. The van der Waals surface area contributed by atoms with E-state index >= 15 is 0 Å². The Labute approximate surface area is 142 Å². The van der Waals surface area contributed by atoms with E-state index in [0.29, 0.717) is 5.92 Å². The van der Waals surface area contributed by atoms with E-state index in [-0.39, 0.29) is 0 Å². The first-order valence-corrected chi connectivity index (χ1v) is 9.05. The number of nitrogens with zero attached hydrogens (tertiary/aromatic N) is 3. The van der Waals surface area contributed by atoms with Gasteiger partial charge >= 0.3 is 0 Å². The van der Waals surface area contributed by atoms with Gasteiger partial charge in [-0.2, -0.15) is 0 Å². The minimum Gasteiger partial charge on any atom is -0.381 e. The first-order valence-electron chi connectivity index (χ1n) is 9.05. The molecule has 0 atom stereocenters. The maximum atomic E-state index is 5.58. The fourth-order valence-electron chi connectivity index (χ4n) is 2.58. The van der Waals surface area contributed by atoms with Gasteiger partial charge in [-0.05, 0) is 38.9 Å². The number of rotatable bonds is 9. The van der Waals surface area contributed by atoms with Gasteiger partial charge in [-0.1, -0.05) is 13.8 Å². The molecule has 1 aliphatic heterocycles. The lowest BCUT2D eigenvalue weighted by Gasteiger charge is -2.21. The molecule has 1 rings (SSSR count). The summed E-state index contributed by atoms with van der Waals surface area (Å²) in [6.45, 7) is 13.7. The van der Waals surface area contributed by atoms with E-state index in [0.717, 1.165) is 51.8 Å². The van der Waals surface area contributed by atoms with Crippen molar-refractivity contribution in [3.8, 4) is 0 Å². The van der Waals surface area contributed by atoms with Crippen molar-refractivity contribution in [2.75, 3.05) is 73.1 Å². The van der Waals surface area contributed by atoms with Crippen molar-refractivity contribution < 1.29 is 4.74 Å². The Hall–Kier alpha value is -0.850. The number of aliphatic imine (C=N–C) groups is 1. The summed E-state index contributed by atoms with van der Waals surface area (Å²) >= 11 is 0. The standard InChI is InChI=1S/C17H37N5O/c1-16(2)15-23-14-5-7-19-17(18-3)20-8-11-22-10-6-9-21(4)12-13-22/h16H,5-15H2,1-4H3,(H2,18,19,20). The molecule has 0 amide bonds. The molecular formula is C17H37N5O. The molecule has 0 bridgehead atoms. The second kappa shape index (κ2) is 12.6. The molecule has 1 saturated heterocycles. The third-order valence-corrected chi connectivity index (χ3v) is 3.97. The second-order valence-electron chi connectivity index (χ2n) is 6.75. The summed E-state index contributed by atoms with van der Waals surface area (Å²) < 4.78 is 5.58. The quantitative estimate of drug-likeness (QED) is 0.374. The van der Waals surface area contributed by atoms with E-state index in [1.165, 1.54) is 26.1 Å². The molecule has 6 nitrogen and oxygen atoms in total. The third kappa shape index (κ3) is 10.5. The molecule has 6 heteroatoms. The number of guanidine groups is 1. The molecule has 0 spiro atoms. The van der Waals surface area contributed by atoms with Crippen LogP contribution in [0.2, 0.25) is 0 Å². The summed E-state index contributed by atoms with van der Waals surface area (Å²) in [5.74, 6) is 1.50. The highest BCUT2D eigenvalue weighted by atomic mass is 16.5. The Morgan fingerprint density at radius 1 is 1.13 bits per heavy atom. The van der Waals surface area contributed by atoms with Crippen molar-refractivity contribution in [1.82, 2.24) is 20.4 Å². The van der Waals surface area contributed by atoms with Crippen LogP contribution in [0.15, 0.2) is 4.99 Å². The van der Waals surface area contributed by atoms with E-state index in [9.17, 15) is 0 Å². The van der Waals surface area contributed by atoms with E-state index < -0.39 is 0 Å². The van der Waals surface area contributed by atoms with E-state index in [1.54, 1.807) is 0 Å². The highest BCUT2D eigenvalue weighted by molar-refractivity contribution is 5.79. The van der Waals surface area contributed by atoms with Crippen LogP contribution in [0.1, 0.15) is 26.7 Å². The maximum Gasteiger partial charge on any atom is 0.191 e. The number of nitrogens with one attached hydrogen (secondary N) is 2. The highest BCUT2D eigenvalue weighted by Crippen LogP contribution is 1.99. The van der Waals surface area contributed by atoms with Gasteiger partial charge in [0, 0.05) is 53.0 Å². The lowest BCUT2D eigenvalue weighted by Crippen LogP contribution is -2.42. The first kappa shape index (κ1) is 20.2. The number of hydrogen-bond acceptors (Lipinski definition) is 4. The predicted octanol–water partition coefficient (Wildman–Crippen LogP) is 0.852. The van der Waals surface area contributed by atoms with Crippen molar-refractivity contribution >= 4 is 5.96 Å². The largest absolute Gasteiger partial charge is 0.381 e. The smallest absolute Gasteiger partial charge is 0.191 e. The second-order valence-corrected chi connectivity index (χ2v) is 6.75. The zero-order valence-corrected chi connectivity index (χ0v) is 15.6. The minimum absolute atomic E-state index is 0.608. The Bertz CT molecular complexity index is 322. The molecular weight excluding hydrogens is 290 g/mol. The summed E-state index contributed by atoms with van der Waals surface area (Å²) in [6.07, 6.45) is 2.27. The molecule has 0 aromatic rings. The van der Waals surface area contributed by atoms with Gasteiger partial charge in [0.05, 0.1) is 0 Å². The van der Waals surface area contributed by atoms with Crippen molar-refractivity contribution in [2.24, 2.45) is 10.9 Å². The number of ether oxygens (including phenoxy) is 1. The van der Waals surface area contributed by atoms with Gasteiger partial charge in [0.2, 0.25) is 0 Å². The maximum absolute atomic E-state index is 5.58. The number of likely N-dealkylation sites (N-methyl/N-ethyl adjacent to an activating group) is 1. The van der Waals surface area contributed by atoms with Gasteiger partial charge in [-0.15, -0.1) is 0 Å². The fourth-order valence-corrected chi connectivity index (χ4v) is 2.58. The molecule has 1 aliphatic rings. The van der Waals surface area contributed by atoms with Crippen LogP contribution >= 0.6 is 0 Å². The van der Waals surface area contributed by atoms with Crippen LogP contribution in [0.4, 0.5) is 0 Å². The van der Waals surface area contributed by atoms with Crippen molar-refractivity contribution in [3.63, 3.8) is 0 Å². The highest BCUT2D eigenvalue weighted by Gasteiger charge is 2.11. The van der Waals surface area contributed by atoms with Crippen molar-refractivity contribution in [3.05, 3.63) is 0 Å². The third-order valence-electron chi connectivity index (χ3n) is 3.97. The van der Waals surface area contributed by atoms with E-state index in [2.05, 4.69) is 46.3 Å². The Balaban J connectivity index is 2.05. The zero-order chi connectivity index (χ0) is 16.9. The molecule has 0 aliphatic carbocycles. The molecule has 136 valence electrons. The molecule has 0 radical (unpaired) electrons. The van der Waals surface area contributed by atoms with Crippen LogP contribution in [0.3, 0.4) is 0 Å². The van der Waals surface area contributed by atoms with Crippen LogP contribution in [-0.4, -0.2) is 88.9 Å². The van der Waals surface area contributed by atoms with Crippen LogP contribution in [0, 0.1) is 5.92 Å². The average Bonchev–Trinajstić information content (AvgIpc) is 2.73. The molecule has 0 aromatic carbocycles. The predicted molar refractivity (Wildman–Crippen MR) is 98.2 cm³/mol. The van der Waals surface area contributed by atoms with Crippen LogP contribution in [-0.2, 0) is 4.74 Å². The summed E-state index contributed by atoms with van der Waals surface area (Å²) in [4.78, 5) is 9.22. The SMILES string of the molecule is CN=C(NCCCOCC(C)C)NCCN1CCCN(C)CC1. The van der Waals surface area contributed by atoms with Gasteiger partial charge in [0.1, 0.15) is 0 Å². The summed E-state index contributed by atoms with van der Waals surface area (Å²) in [6, 6.07) is 0. The average molecular weight is 328 g/mol. The van der Waals surface area contributed by atoms with Gasteiger partial charge in [-0.3, -0.25) is 4.99 Å². The Kier molecular flexibility index (Phi) is 11.0. The topological polar surface area (TPSA) is 52.1 Å². The lowest BCUT2D eigenvalue weighted by molar-refractivity contribution is 0.108. The molecule has 23 heavy (non-hydrogen) atoms. The Morgan fingerprint density at radius 2 is 1.91 bits per heavy atom. The molecule has 0 saturated carbocycles. The molecule has 0 aromatic heterocycles. The monoisotopic (exact) mass is 327 g/mol. The van der Waals surface area contributed by atoms with Crippen LogP contribution in [0.25, 0.3) is 0 Å². The van der Waals surface area contributed by atoms with Gasteiger partial charge in [0.15, 0.2) is 5.96 Å². The van der Waals surface area contributed by atoms with Crippen LogP contribution < -0.4 is 10.6 Å². The van der Waals surface area contributed by atoms with E-state index in [1.807, 2.05) is 7.05 Å². The first-order chi connectivity index (χ1) is 11.1. The van der Waals surface area contributed by atoms with Crippen molar-refractivity contribution in [1.29, 1.82) is 0 Å².